The predicted octanol–water partition coefficient (Wildman–Crippen LogP) is 4.53. The van der Waals surface area contributed by atoms with Crippen LogP contribution in [0.5, 0.6) is 17.2 Å². The largest absolute Gasteiger partial charge is 0.506 e. The monoisotopic (exact) mass is 426 g/mol. The molecule has 0 spiro atoms. The van der Waals surface area contributed by atoms with Crippen LogP contribution in [-0.4, -0.2) is 23.1 Å². The lowest BCUT2D eigenvalue weighted by Gasteiger charge is -2.04. The summed E-state index contributed by atoms with van der Waals surface area (Å²) in [4.78, 5) is 12.1. The Morgan fingerprint density at radius 3 is 2.36 bits per heavy atom. The van der Waals surface area contributed by atoms with Crippen LogP contribution in [0.1, 0.15) is 15.9 Å². The van der Waals surface area contributed by atoms with Crippen molar-refractivity contribution in [3.63, 3.8) is 0 Å². The number of carbonyl (C=O) groups excluding carboxylic acids is 1. The van der Waals surface area contributed by atoms with Crippen molar-refractivity contribution in [2.45, 2.75) is 0 Å². The first-order chi connectivity index (χ1) is 10.4. The molecule has 114 valence electrons. The van der Waals surface area contributed by atoms with Gasteiger partial charge in [-0.3, -0.25) is 4.79 Å². The summed E-state index contributed by atoms with van der Waals surface area (Å²) < 4.78 is 6.03. The first-order valence-electron chi connectivity index (χ1n) is 6.20. The van der Waals surface area contributed by atoms with E-state index in [0.717, 1.165) is 5.56 Å². The minimum atomic E-state index is -0.224. The number of phenols is 2. The molecule has 0 bridgehead atoms. The third kappa shape index (κ3) is 3.69. The number of ketones is 1. The van der Waals surface area contributed by atoms with E-state index in [0.29, 0.717) is 14.5 Å². The predicted molar refractivity (Wildman–Crippen MR) is 91.5 cm³/mol. The highest BCUT2D eigenvalue weighted by molar-refractivity contribution is 9.11. The van der Waals surface area contributed by atoms with Gasteiger partial charge in [0.05, 0.1) is 16.1 Å². The van der Waals surface area contributed by atoms with E-state index in [-0.39, 0.29) is 23.0 Å². The maximum absolute atomic E-state index is 12.1. The van der Waals surface area contributed by atoms with Crippen LogP contribution < -0.4 is 4.74 Å². The maximum Gasteiger partial charge on any atom is 0.185 e. The summed E-state index contributed by atoms with van der Waals surface area (Å²) in [6, 6.07) is 7.80. The number of hydrogen-bond donors (Lipinski definition) is 2. The number of carbonyl (C=O) groups is 1. The van der Waals surface area contributed by atoms with Gasteiger partial charge in [0, 0.05) is 5.56 Å². The Hall–Kier alpha value is -1.79. The highest BCUT2D eigenvalue weighted by atomic mass is 79.9. The zero-order chi connectivity index (χ0) is 16.3. The van der Waals surface area contributed by atoms with Crippen LogP contribution in [0.15, 0.2) is 45.4 Å². The van der Waals surface area contributed by atoms with Crippen LogP contribution in [0.4, 0.5) is 0 Å². The zero-order valence-electron chi connectivity index (χ0n) is 11.5. The van der Waals surface area contributed by atoms with Crippen molar-refractivity contribution in [1.29, 1.82) is 0 Å². The molecule has 0 aliphatic rings. The number of methoxy groups -OCH3 is 1. The molecular weight excluding hydrogens is 416 g/mol. The smallest absolute Gasteiger partial charge is 0.185 e. The fourth-order valence-electron chi connectivity index (χ4n) is 1.78. The quantitative estimate of drug-likeness (QED) is 0.555. The van der Waals surface area contributed by atoms with Gasteiger partial charge in [-0.2, -0.15) is 0 Å². The van der Waals surface area contributed by atoms with Gasteiger partial charge in [-0.1, -0.05) is 6.08 Å². The van der Waals surface area contributed by atoms with Gasteiger partial charge < -0.3 is 14.9 Å². The zero-order valence-corrected chi connectivity index (χ0v) is 14.7. The Kier molecular flexibility index (Phi) is 5.26. The lowest BCUT2D eigenvalue weighted by Crippen LogP contribution is -1.95. The van der Waals surface area contributed by atoms with E-state index in [4.69, 9.17) is 4.74 Å². The molecule has 0 saturated carbocycles. The first-order valence-corrected chi connectivity index (χ1v) is 7.78. The number of benzene rings is 2. The molecule has 0 amide bonds. The Bertz CT molecular complexity index is 731. The molecule has 0 radical (unpaired) electrons. The van der Waals surface area contributed by atoms with Crippen molar-refractivity contribution < 1.29 is 19.7 Å². The number of ether oxygens (including phenoxy) is 1. The molecule has 0 heterocycles. The second-order valence-corrected chi connectivity index (χ2v) is 6.13. The van der Waals surface area contributed by atoms with Gasteiger partial charge in [0.2, 0.25) is 0 Å². The van der Waals surface area contributed by atoms with Crippen LogP contribution in [0.25, 0.3) is 6.08 Å². The molecule has 0 aromatic heterocycles. The second-order valence-electron chi connectivity index (χ2n) is 4.42. The van der Waals surface area contributed by atoms with E-state index in [1.165, 1.54) is 31.4 Å². The van der Waals surface area contributed by atoms with Crippen LogP contribution >= 0.6 is 31.9 Å². The van der Waals surface area contributed by atoms with Crippen LogP contribution in [0.3, 0.4) is 0 Å². The summed E-state index contributed by atoms with van der Waals surface area (Å²) in [7, 11) is 1.42. The highest BCUT2D eigenvalue weighted by Gasteiger charge is 2.08. The van der Waals surface area contributed by atoms with E-state index >= 15 is 0 Å². The summed E-state index contributed by atoms with van der Waals surface area (Å²) >= 11 is 6.47. The topological polar surface area (TPSA) is 66.8 Å². The fraction of sp³-hybridized carbons (Fsp3) is 0.0625. The van der Waals surface area contributed by atoms with Gasteiger partial charge in [-0.15, -0.1) is 0 Å². The number of phenolic OH excluding ortho intramolecular Hbond substituents is 2. The summed E-state index contributed by atoms with van der Waals surface area (Å²) in [5.74, 6) is 0.106. The number of halogens is 2. The first kappa shape index (κ1) is 16.6. The average molecular weight is 428 g/mol. The Balaban J connectivity index is 2.25. The van der Waals surface area contributed by atoms with E-state index < -0.39 is 0 Å². The lowest BCUT2D eigenvalue weighted by molar-refractivity contribution is 0.104. The van der Waals surface area contributed by atoms with Crippen LogP contribution in [0, 0.1) is 0 Å². The van der Waals surface area contributed by atoms with Gasteiger partial charge in [0.25, 0.3) is 0 Å². The Labute approximate surface area is 144 Å². The van der Waals surface area contributed by atoms with E-state index in [9.17, 15) is 15.0 Å². The minimum absolute atomic E-state index is 0.0191. The van der Waals surface area contributed by atoms with Gasteiger partial charge >= 0.3 is 0 Å². The van der Waals surface area contributed by atoms with E-state index in [1.807, 2.05) is 0 Å². The van der Waals surface area contributed by atoms with Crippen molar-refractivity contribution in [2.24, 2.45) is 0 Å². The molecule has 2 rings (SSSR count). The molecule has 2 N–H and O–H groups in total. The molecule has 4 nitrogen and oxygen atoms in total. The van der Waals surface area contributed by atoms with Crippen molar-refractivity contribution in [3.8, 4) is 17.2 Å². The molecule has 0 saturated heterocycles. The van der Waals surface area contributed by atoms with Gasteiger partial charge in [-0.25, -0.2) is 0 Å². The summed E-state index contributed by atoms with van der Waals surface area (Å²) in [5, 5.41) is 19.2. The highest BCUT2D eigenvalue weighted by Crippen LogP contribution is 2.33. The average Bonchev–Trinajstić information content (AvgIpc) is 2.50. The molecule has 0 unspecified atom stereocenters. The number of rotatable bonds is 4. The molecule has 22 heavy (non-hydrogen) atoms. The summed E-state index contributed by atoms with van der Waals surface area (Å²) in [6.07, 6.45) is 3.05. The maximum atomic E-state index is 12.1. The SMILES string of the molecule is COc1cc(C(=O)/C=C/c2cc(Br)c(O)c(Br)c2)ccc1O. The van der Waals surface area contributed by atoms with Crippen molar-refractivity contribution in [3.05, 3.63) is 56.5 Å². The number of allylic oxidation sites excluding steroid dienone is 1. The van der Waals surface area contributed by atoms with Gasteiger partial charge in [0.15, 0.2) is 17.3 Å². The number of hydrogen-bond acceptors (Lipinski definition) is 4. The molecule has 0 atom stereocenters. The molecule has 0 aliphatic carbocycles. The van der Waals surface area contributed by atoms with Crippen LogP contribution in [-0.2, 0) is 0 Å². The van der Waals surface area contributed by atoms with Gasteiger partial charge in [-0.05, 0) is 73.8 Å². The van der Waals surface area contributed by atoms with Gasteiger partial charge in [0.1, 0.15) is 5.75 Å². The molecule has 2 aromatic rings. The standard InChI is InChI=1S/C16H12Br2O4/c1-22-15-8-10(3-5-14(15)20)13(19)4-2-9-6-11(17)16(21)12(18)7-9/h2-8,20-21H,1H3/b4-2+. The number of aromatic hydroxyl groups is 2. The third-order valence-electron chi connectivity index (χ3n) is 2.93. The van der Waals surface area contributed by atoms with Crippen molar-refractivity contribution in [2.75, 3.05) is 7.11 Å². The summed E-state index contributed by atoms with van der Waals surface area (Å²) in [5.41, 5.74) is 1.15. The fourth-order valence-corrected chi connectivity index (χ4v) is 3.00. The molecule has 6 heteroatoms. The Morgan fingerprint density at radius 1 is 1.14 bits per heavy atom. The summed E-state index contributed by atoms with van der Waals surface area (Å²) in [6.45, 7) is 0. The molecular formula is C16H12Br2O4. The van der Waals surface area contributed by atoms with E-state index in [1.54, 1.807) is 18.2 Å². The lowest BCUT2D eigenvalue weighted by atomic mass is 10.1. The molecule has 0 aliphatic heterocycles. The van der Waals surface area contributed by atoms with Crippen molar-refractivity contribution >= 4 is 43.7 Å². The normalized spacial score (nSPS) is 10.9. The van der Waals surface area contributed by atoms with Crippen LogP contribution in [0.2, 0.25) is 0 Å². The minimum Gasteiger partial charge on any atom is -0.506 e. The second kappa shape index (κ2) is 6.98. The van der Waals surface area contributed by atoms with Crippen molar-refractivity contribution in [1.82, 2.24) is 0 Å². The molecule has 0 fully saturated rings. The third-order valence-corrected chi connectivity index (χ3v) is 4.14. The van der Waals surface area contributed by atoms with E-state index in [2.05, 4.69) is 31.9 Å². The Morgan fingerprint density at radius 2 is 1.77 bits per heavy atom. The molecule has 2 aromatic carbocycles.